The van der Waals surface area contributed by atoms with Crippen LogP contribution in [0.25, 0.3) is 22.2 Å². The van der Waals surface area contributed by atoms with Crippen LogP contribution in [0.15, 0.2) is 59.2 Å². The Morgan fingerprint density at radius 2 is 1.93 bits per heavy atom. The number of oxazole rings is 1. The van der Waals surface area contributed by atoms with E-state index in [0.717, 1.165) is 33.5 Å². The third-order valence-corrected chi connectivity index (χ3v) is 4.61. The van der Waals surface area contributed by atoms with Crippen molar-refractivity contribution in [2.24, 2.45) is 0 Å². The summed E-state index contributed by atoms with van der Waals surface area (Å²) in [6.07, 6.45) is -0.383. The fraction of sp³-hybridized carbons (Fsp3) is 0.190. The number of ether oxygens (including phenoxy) is 1. The van der Waals surface area contributed by atoms with Crippen molar-refractivity contribution in [3.05, 3.63) is 71.9 Å². The van der Waals surface area contributed by atoms with Gasteiger partial charge in [-0.15, -0.1) is 0 Å². The van der Waals surface area contributed by atoms with E-state index in [9.17, 15) is 10.2 Å². The number of aryl methyl sites for hydroxylation is 1. The molecule has 0 saturated carbocycles. The molecule has 0 spiro atoms. The highest BCUT2D eigenvalue weighted by atomic mass is 16.5. The van der Waals surface area contributed by atoms with Gasteiger partial charge in [0.05, 0.1) is 13.7 Å². The van der Waals surface area contributed by atoms with E-state index in [0.29, 0.717) is 12.4 Å². The molecule has 0 unspecified atom stereocenters. The summed E-state index contributed by atoms with van der Waals surface area (Å²) in [5.74, 6) is 1.24. The fourth-order valence-corrected chi connectivity index (χ4v) is 3.28. The number of rotatable bonds is 5. The minimum absolute atomic E-state index is 0.0978. The summed E-state index contributed by atoms with van der Waals surface area (Å²) in [6.45, 7) is 2.37. The molecule has 0 amide bonds. The summed E-state index contributed by atoms with van der Waals surface area (Å²) in [6, 6.07) is 16.3. The van der Waals surface area contributed by atoms with Crippen LogP contribution in [0, 0.1) is 6.92 Å². The summed E-state index contributed by atoms with van der Waals surface area (Å²) in [5, 5.41) is 19.6. The summed E-state index contributed by atoms with van der Waals surface area (Å²) >= 11 is 0. The summed E-state index contributed by atoms with van der Waals surface area (Å²) in [7, 11) is 1.66. The molecule has 0 bridgehead atoms. The smallest absolute Gasteiger partial charge is 0.214 e. The summed E-state index contributed by atoms with van der Waals surface area (Å²) in [5.41, 5.74) is 4.24. The molecule has 0 aliphatic rings. The van der Waals surface area contributed by atoms with Crippen molar-refractivity contribution in [2.75, 3.05) is 7.11 Å². The Hall–Kier alpha value is -3.09. The van der Waals surface area contributed by atoms with Crippen molar-refractivity contribution in [3.63, 3.8) is 0 Å². The molecular formula is C21H20N2O4. The van der Waals surface area contributed by atoms with Gasteiger partial charge in [-0.3, -0.25) is 0 Å². The molecule has 0 radical (unpaired) electrons. The number of aliphatic hydroxyl groups excluding tert-OH is 1. The molecule has 4 aromatic rings. The lowest BCUT2D eigenvalue weighted by Gasteiger charge is -2.10. The first kappa shape index (κ1) is 17.3. The zero-order valence-corrected chi connectivity index (χ0v) is 15.1. The van der Waals surface area contributed by atoms with Crippen molar-refractivity contribution in [1.82, 2.24) is 9.55 Å². The van der Waals surface area contributed by atoms with Gasteiger partial charge in [-0.2, -0.15) is 0 Å². The van der Waals surface area contributed by atoms with E-state index < -0.39 is 6.29 Å². The monoisotopic (exact) mass is 364 g/mol. The molecule has 2 aromatic carbocycles. The predicted octanol–water partition coefficient (Wildman–Crippen LogP) is 3.64. The largest absolute Gasteiger partial charge is 0.496 e. The molecule has 138 valence electrons. The molecule has 4 rings (SSSR count). The van der Waals surface area contributed by atoms with E-state index in [4.69, 9.17) is 9.15 Å². The lowest BCUT2D eigenvalue weighted by Crippen LogP contribution is -2.03. The van der Waals surface area contributed by atoms with E-state index in [1.54, 1.807) is 7.11 Å². The standard InChI is InChI=1S/C21H20N2O4/c1-13-8-17-15(10-19(13)26-2)9-18(14-6-4-3-5-7-14)23(17)11-20-22-16(12-27-20)21(24)25/h3-10,12,21,24-25H,11H2,1-2H3. The van der Waals surface area contributed by atoms with Crippen LogP contribution in [-0.2, 0) is 6.54 Å². The molecule has 6 nitrogen and oxygen atoms in total. The highest BCUT2D eigenvalue weighted by molar-refractivity contribution is 5.89. The number of aromatic nitrogens is 2. The second-order valence-electron chi connectivity index (χ2n) is 6.40. The Balaban J connectivity index is 1.88. The van der Waals surface area contributed by atoms with Crippen LogP contribution >= 0.6 is 0 Å². The first-order valence-corrected chi connectivity index (χ1v) is 8.60. The average molecular weight is 364 g/mol. The quantitative estimate of drug-likeness (QED) is 0.529. The van der Waals surface area contributed by atoms with Crippen LogP contribution in [0.4, 0.5) is 0 Å². The van der Waals surface area contributed by atoms with Gasteiger partial charge >= 0.3 is 0 Å². The molecular weight excluding hydrogens is 344 g/mol. The fourth-order valence-electron chi connectivity index (χ4n) is 3.28. The average Bonchev–Trinajstić information content (AvgIpc) is 3.27. The zero-order chi connectivity index (χ0) is 19.0. The van der Waals surface area contributed by atoms with Crippen LogP contribution in [0.2, 0.25) is 0 Å². The molecule has 0 saturated heterocycles. The van der Waals surface area contributed by atoms with E-state index in [-0.39, 0.29) is 5.69 Å². The summed E-state index contributed by atoms with van der Waals surface area (Å²) < 4.78 is 13.0. The van der Waals surface area contributed by atoms with Crippen LogP contribution in [0.1, 0.15) is 23.4 Å². The first-order chi connectivity index (χ1) is 13.1. The van der Waals surface area contributed by atoms with Gasteiger partial charge in [-0.1, -0.05) is 30.3 Å². The minimum Gasteiger partial charge on any atom is -0.496 e. The number of hydrogen-bond donors (Lipinski definition) is 2. The number of aliphatic hydroxyl groups is 2. The maximum Gasteiger partial charge on any atom is 0.214 e. The molecule has 2 N–H and O–H groups in total. The Kier molecular flexibility index (Phi) is 4.43. The van der Waals surface area contributed by atoms with Gasteiger partial charge in [-0.05, 0) is 36.2 Å². The SMILES string of the molecule is COc1cc2cc(-c3ccccc3)n(Cc3nc(C(O)O)co3)c2cc1C. The lowest BCUT2D eigenvalue weighted by molar-refractivity contribution is -0.0459. The van der Waals surface area contributed by atoms with E-state index in [2.05, 4.69) is 21.7 Å². The van der Waals surface area contributed by atoms with Crippen molar-refractivity contribution < 1.29 is 19.4 Å². The summed E-state index contributed by atoms with van der Waals surface area (Å²) in [4.78, 5) is 4.17. The van der Waals surface area contributed by atoms with Crippen LogP contribution in [0.3, 0.4) is 0 Å². The number of fused-ring (bicyclic) bond motifs is 1. The number of nitrogens with zero attached hydrogens (tertiary/aromatic N) is 2. The van der Waals surface area contributed by atoms with Crippen molar-refractivity contribution in [3.8, 4) is 17.0 Å². The van der Waals surface area contributed by atoms with Crippen LogP contribution < -0.4 is 4.74 Å². The van der Waals surface area contributed by atoms with E-state index in [1.807, 2.05) is 43.3 Å². The number of benzene rings is 2. The number of methoxy groups -OCH3 is 1. The molecule has 0 atom stereocenters. The Morgan fingerprint density at radius 1 is 1.15 bits per heavy atom. The van der Waals surface area contributed by atoms with Crippen molar-refractivity contribution in [2.45, 2.75) is 19.8 Å². The predicted molar refractivity (Wildman–Crippen MR) is 101 cm³/mol. The molecule has 27 heavy (non-hydrogen) atoms. The molecule has 0 aliphatic carbocycles. The topological polar surface area (TPSA) is 80.7 Å². The normalized spacial score (nSPS) is 11.4. The lowest BCUT2D eigenvalue weighted by atomic mass is 10.1. The van der Waals surface area contributed by atoms with Gasteiger partial charge in [0.1, 0.15) is 17.7 Å². The van der Waals surface area contributed by atoms with Gasteiger partial charge in [0.2, 0.25) is 5.89 Å². The highest BCUT2D eigenvalue weighted by Crippen LogP contribution is 2.33. The maximum atomic E-state index is 9.27. The van der Waals surface area contributed by atoms with E-state index in [1.165, 1.54) is 6.26 Å². The van der Waals surface area contributed by atoms with Crippen LogP contribution in [-0.4, -0.2) is 26.9 Å². The zero-order valence-electron chi connectivity index (χ0n) is 15.1. The minimum atomic E-state index is -1.65. The van der Waals surface area contributed by atoms with Gasteiger partial charge in [0.15, 0.2) is 6.29 Å². The van der Waals surface area contributed by atoms with Gasteiger partial charge in [-0.25, -0.2) is 4.98 Å². The van der Waals surface area contributed by atoms with E-state index >= 15 is 0 Å². The second-order valence-corrected chi connectivity index (χ2v) is 6.40. The highest BCUT2D eigenvalue weighted by Gasteiger charge is 2.16. The first-order valence-electron chi connectivity index (χ1n) is 8.60. The van der Waals surface area contributed by atoms with Crippen LogP contribution in [0.5, 0.6) is 5.75 Å². The molecule has 0 fully saturated rings. The Bertz CT molecular complexity index is 1080. The van der Waals surface area contributed by atoms with Gasteiger partial charge < -0.3 is 23.9 Å². The number of hydrogen-bond acceptors (Lipinski definition) is 5. The third kappa shape index (κ3) is 3.20. The van der Waals surface area contributed by atoms with Gasteiger partial charge in [0, 0.05) is 16.6 Å². The second kappa shape index (κ2) is 6.90. The Labute approximate surface area is 156 Å². The molecule has 0 aliphatic heterocycles. The van der Waals surface area contributed by atoms with Crippen molar-refractivity contribution in [1.29, 1.82) is 0 Å². The molecule has 6 heteroatoms. The Morgan fingerprint density at radius 3 is 2.59 bits per heavy atom. The molecule has 2 heterocycles. The maximum absolute atomic E-state index is 9.27. The van der Waals surface area contributed by atoms with Crippen molar-refractivity contribution >= 4 is 10.9 Å². The van der Waals surface area contributed by atoms with Gasteiger partial charge in [0.25, 0.3) is 0 Å². The molecule has 2 aromatic heterocycles. The third-order valence-electron chi connectivity index (χ3n) is 4.61.